The topological polar surface area (TPSA) is 40.6 Å². The van der Waals surface area contributed by atoms with Crippen LogP contribution < -0.4 is 0 Å². The van der Waals surface area contributed by atoms with Crippen LogP contribution in [0.4, 0.5) is 0 Å². The lowest BCUT2D eigenvalue weighted by Crippen LogP contribution is -2.45. The molecule has 2 heterocycles. The number of hydrogen-bond acceptors (Lipinski definition) is 3. The van der Waals surface area contributed by atoms with Gasteiger partial charge in [-0.3, -0.25) is 9.59 Å². The van der Waals surface area contributed by atoms with E-state index < -0.39 is 0 Å². The molecule has 4 nitrogen and oxygen atoms in total. The molecule has 0 N–H and O–H groups in total. The van der Waals surface area contributed by atoms with Crippen LogP contribution in [0, 0.1) is 12.8 Å². The summed E-state index contributed by atoms with van der Waals surface area (Å²) < 4.78 is 0. The summed E-state index contributed by atoms with van der Waals surface area (Å²) in [7, 11) is 0. The fourth-order valence-corrected chi connectivity index (χ4v) is 4.44. The minimum Gasteiger partial charge on any atom is -0.341 e. The van der Waals surface area contributed by atoms with Crippen LogP contribution in [0.1, 0.15) is 30.4 Å². The van der Waals surface area contributed by atoms with Crippen LogP contribution in [0.15, 0.2) is 24.3 Å². The minimum absolute atomic E-state index is 0.105. The van der Waals surface area contributed by atoms with Gasteiger partial charge in [-0.15, -0.1) is 0 Å². The molecular weight excluding hydrogens is 320 g/mol. The fourth-order valence-electron chi connectivity index (χ4n) is 3.69. The summed E-state index contributed by atoms with van der Waals surface area (Å²) in [6, 6.07) is 7.94. The van der Waals surface area contributed by atoms with Gasteiger partial charge >= 0.3 is 0 Å². The molecule has 2 saturated heterocycles. The van der Waals surface area contributed by atoms with E-state index in [0.29, 0.717) is 25.3 Å². The van der Waals surface area contributed by atoms with Crippen LogP contribution in [0.2, 0.25) is 0 Å². The van der Waals surface area contributed by atoms with E-state index in [1.807, 2.05) is 28.8 Å². The molecule has 24 heavy (non-hydrogen) atoms. The van der Waals surface area contributed by atoms with Crippen LogP contribution in [-0.2, 0) is 16.1 Å². The molecule has 2 aliphatic rings. The quantitative estimate of drug-likeness (QED) is 0.823. The summed E-state index contributed by atoms with van der Waals surface area (Å²) in [5, 5.41) is 0. The van der Waals surface area contributed by atoms with Gasteiger partial charge in [0.1, 0.15) is 6.04 Å². The second-order valence-corrected chi connectivity index (χ2v) is 7.87. The number of benzene rings is 1. The number of carbonyl (C=O) groups excluding carboxylic acids is 2. The normalized spacial score (nSPS) is 24.0. The highest BCUT2D eigenvalue weighted by molar-refractivity contribution is 7.98. The molecule has 0 aromatic heterocycles. The molecule has 0 unspecified atom stereocenters. The van der Waals surface area contributed by atoms with E-state index in [-0.39, 0.29) is 17.9 Å². The lowest BCUT2D eigenvalue weighted by atomic mass is 10.1. The molecule has 1 aromatic carbocycles. The Morgan fingerprint density at radius 3 is 2.71 bits per heavy atom. The summed E-state index contributed by atoms with van der Waals surface area (Å²) in [6.07, 6.45) is 4.35. The molecule has 2 amide bonds. The molecule has 1 aromatic rings. The van der Waals surface area contributed by atoms with Gasteiger partial charge in [0.25, 0.3) is 0 Å². The maximum atomic E-state index is 12.9. The lowest BCUT2D eigenvalue weighted by molar-refractivity contribution is -0.141. The van der Waals surface area contributed by atoms with Crippen molar-refractivity contribution in [2.24, 2.45) is 5.92 Å². The first-order valence-corrected chi connectivity index (χ1v) is 10.1. The Balaban J connectivity index is 1.66. The second kappa shape index (κ2) is 7.60. The number of amides is 2. The number of aryl methyl sites for hydroxylation is 1. The third kappa shape index (κ3) is 3.77. The van der Waals surface area contributed by atoms with Crippen LogP contribution >= 0.6 is 11.8 Å². The van der Waals surface area contributed by atoms with Crippen LogP contribution in [0.5, 0.6) is 0 Å². The smallest absolute Gasteiger partial charge is 0.245 e. The maximum Gasteiger partial charge on any atom is 0.245 e. The molecule has 5 heteroatoms. The Hall–Kier alpha value is -1.49. The van der Waals surface area contributed by atoms with Gasteiger partial charge in [0, 0.05) is 26.1 Å². The van der Waals surface area contributed by atoms with Gasteiger partial charge in [-0.1, -0.05) is 29.8 Å². The number of hydrogen-bond donors (Lipinski definition) is 0. The number of likely N-dealkylation sites (tertiary alicyclic amines) is 2. The van der Waals surface area contributed by atoms with Crippen molar-refractivity contribution in [2.45, 2.75) is 38.8 Å². The van der Waals surface area contributed by atoms with Crippen molar-refractivity contribution in [3.8, 4) is 0 Å². The van der Waals surface area contributed by atoms with Gasteiger partial charge in [0.2, 0.25) is 11.8 Å². The molecule has 0 spiro atoms. The van der Waals surface area contributed by atoms with Crippen LogP contribution in [-0.4, -0.2) is 52.8 Å². The monoisotopic (exact) mass is 346 g/mol. The van der Waals surface area contributed by atoms with Crippen molar-refractivity contribution in [2.75, 3.05) is 25.1 Å². The summed E-state index contributed by atoms with van der Waals surface area (Å²) in [5.41, 5.74) is 2.30. The lowest BCUT2D eigenvalue weighted by Gasteiger charge is -2.28. The molecule has 0 bridgehead atoms. The SMILES string of the molecule is CSC[C@H]1CCN(C(=O)[C@H]2CCC(=O)N2Cc2ccc(C)cc2)C1. The molecule has 0 aliphatic carbocycles. The predicted molar refractivity (Wildman–Crippen MR) is 97.8 cm³/mol. The number of rotatable bonds is 5. The Bertz CT molecular complexity index is 602. The minimum atomic E-state index is -0.271. The summed E-state index contributed by atoms with van der Waals surface area (Å²) in [4.78, 5) is 29.0. The summed E-state index contributed by atoms with van der Waals surface area (Å²) >= 11 is 1.85. The Morgan fingerprint density at radius 2 is 2.00 bits per heavy atom. The van der Waals surface area contributed by atoms with Crippen molar-refractivity contribution in [3.63, 3.8) is 0 Å². The first kappa shape index (κ1) is 17.3. The highest BCUT2D eigenvalue weighted by Gasteiger charge is 2.39. The second-order valence-electron chi connectivity index (χ2n) is 6.96. The van der Waals surface area contributed by atoms with Crippen molar-refractivity contribution in [1.29, 1.82) is 0 Å². The van der Waals surface area contributed by atoms with E-state index in [1.54, 1.807) is 4.90 Å². The van der Waals surface area contributed by atoms with Crippen LogP contribution in [0.25, 0.3) is 0 Å². The van der Waals surface area contributed by atoms with Crippen molar-refractivity contribution in [1.82, 2.24) is 9.80 Å². The third-order valence-electron chi connectivity index (χ3n) is 5.09. The Labute approximate surface area is 148 Å². The van der Waals surface area contributed by atoms with Gasteiger partial charge in [-0.25, -0.2) is 0 Å². The zero-order valence-corrected chi connectivity index (χ0v) is 15.3. The fraction of sp³-hybridized carbons (Fsp3) is 0.579. The third-order valence-corrected chi connectivity index (χ3v) is 5.89. The highest BCUT2D eigenvalue weighted by atomic mass is 32.2. The first-order valence-electron chi connectivity index (χ1n) is 8.71. The number of nitrogens with zero attached hydrogens (tertiary/aromatic N) is 2. The largest absolute Gasteiger partial charge is 0.341 e. The van der Waals surface area contributed by atoms with Gasteiger partial charge in [-0.05, 0) is 43.3 Å². The zero-order chi connectivity index (χ0) is 17.1. The standard InChI is InChI=1S/C19H26N2O2S/c1-14-3-5-15(6-4-14)12-21-17(7-8-18(21)22)19(23)20-10-9-16(11-20)13-24-2/h3-6,16-17H,7-13H2,1-2H3/t16-,17+/m0/s1. The van der Waals surface area contributed by atoms with E-state index in [9.17, 15) is 9.59 Å². The van der Waals surface area contributed by atoms with E-state index in [2.05, 4.69) is 25.3 Å². The van der Waals surface area contributed by atoms with Crippen LogP contribution in [0.3, 0.4) is 0 Å². The van der Waals surface area contributed by atoms with Crippen molar-refractivity contribution >= 4 is 23.6 Å². The van der Waals surface area contributed by atoms with Gasteiger partial charge in [0.15, 0.2) is 0 Å². The Kier molecular flexibility index (Phi) is 5.49. The molecule has 130 valence electrons. The maximum absolute atomic E-state index is 12.9. The van der Waals surface area contributed by atoms with Gasteiger partial charge in [0.05, 0.1) is 0 Å². The Morgan fingerprint density at radius 1 is 1.25 bits per heavy atom. The highest BCUT2D eigenvalue weighted by Crippen LogP contribution is 2.27. The van der Waals surface area contributed by atoms with E-state index in [0.717, 1.165) is 30.8 Å². The summed E-state index contributed by atoms with van der Waals surface area (Å²) in [5.74, 6) is 1.97. The molecule has 2 fully saturated rings. The molecular formula is C19H26N2O2S. The van der Waals surface area contributed by atoms with Crippen molar-refractivity contribution < 1.29 is 9.59 Å². The molecule has 2 atom stereocenters. The predicted octanol–water partition coefficient (Wildman–Crippen LogP) is 2.70. The molecule has 2 aliphatic heterocycles. The average Bonchev–Trinajstić information content (AvgIpc) is 3.17. The summed E-state index contributed by atoms with van der Waals surface area (Å²) in [6.45, 7) is 4.28. The molecule has 0 saturated carbocycles. The van der Waals surface area contributed by atoms with E-state index >= 15 is 0 Å². The van der Waals surface area contributed by atoms with E-state index in [1.165, 1.54) is 5.56 Å². The zero-order valence-electron chi connectivity index (χ0n) is 14.5. The molecule has 0 radical (unpaired) electrons. The first-order chi connectivity index (χ1) is 11.6. The van der Waals surface area contributed by atoms with Gasteiger partial charge < -0.3 is 9.80 Å². The van der Waals surface area contributed by atoms with Crippen molar-refractivity contribution in [3.05, 3.63) is 35.4 Å². The van der Waals surface area contributed by atoms with Gasteiger partial charge in [-0.2, -0.15) is 11.8 Å². The number of thioether (sulfide) groups is 1. The average molecular weight is 346 g/mol. The van der Waals surface area contributed by atoms with E-state index in [4.69, 9.17) is 0 Å². The molecule has 3 rings (SSSR count). The number of carbonyl (C=O) groups is 2.